The van der Waals surface area contributed by atoms with Gasteiger partial charge in [0.1, 0.15) is 12.4 Å². The molecule has 0 fully saturated rings. The molecule has 0 saturated carbocycles. The summed E-state index contributed by atoms with van der Waals surface area (Å²) in [5.41, 5.74) is 8.70. The van der Waals surface area contributed by atoms with Crippen molar-refractivity contribution in [3.8, 4) is 5.75 Å². The van der Waals surface area contributed by atoms with Gasteiger partial charge in [0.15, 0.2) is 0 Å². The van der Waals surface area contributed by atoms with E-state index in [0.29, 0.717) is 13.0 Å². The van der Waals surface area contributed by atoms with Crippen LogP contribution in [0, 0.1) is 13.8 Å². The van der Waals surface area contributed by atoms with E-state index in [1.807, 2.05) is 38.3 Å². The molecule has 0 bridgehead atoms. The fourth-order valence-corrected chi connectivity index (χ4v) is 2.40. The summed E-state index contributed by atoms with van der Waals surface area (Å²) >= 11 is 1.63. The third kappa shape index (κ3) is 4.01. The van der Waals surface area contributed by atoms with Crippen molar-refractivity contribution in [1.29, 1.82) is 0 Å². The zero-order valence-electron chi connectivity index (χ0n) is 11.5. The van der Waals surface area contributed by atoms with E-state index in [1.165, 1.54) is 0 Å². The molecule has 2 N–H and O–H groups in total. The molecule has 1 atom stereocenters. The molecule has 2 rings (SSSR count). The lowest BCUT2D eigenvalue weighted by atomic mass is 10.1. The van der Waals surface area contributed by atoms with Crippen molar-refractivity contribution in [3.05, 3.63) is 39.6 Å². The first-order chi connectivity index (χ1) is 9.04. The molecule has 0 spiro atoms. The Morgan fingerprint density at radius 3 is 2.74 bits per heavy atom. The first kappa shape index (κ1) is 14.0. The molecule has 0 aliphatic carbocycles. The highest BCUT2D eigenvalue weighted by molar-refractivity contribution is 7.09. The van der Waals surface area contributed by atoms with Crippen molar-refractivity contribution in [3.63, 3.8) is 0 Å². The van der Waals surface area contributed by atoms with Crippen LogP contribution in [0.2, 0.25) is 0 Å². The monoisotopic (exact) mass is 277 g/mol. The molecule has 1 unspecified atom stereocenters. The number of ether oxygens (including phenoxy) is 1. The van der Waals surface area contributed by atoms with E-state index in [-0.39, 0.29) is 6.04 Å². The summed E-state index contributed by atoms with van der Waals surface area (Å²) in [6, 6.07) is 3.98. The van der Waals surface area contributed by atoms with Crippen molar-refractivity contribution in [2.75, 3.05) is 0 Å². The SMILES string of the molecule is Cc1ccc(OCc2csc(C)n2)c(CC(C)N)n1. The number of hydrogen-bond donors (Lipinski definition) is 1. The highest BCUT2D eigenvalue weighted by Gasteiger charge is 2.09. The van der Waals surface area contributed by atoms with Gasteiger partial charge in [-0.1, -0.05) is 0 Å². The van der Waals surface area contributed by atoms with Crippen molar-refractivity contribution in [1.82, 2.24) is 9.97 Å². The van der Waals surface area contributed by atoms with Crippen LogP contribution in [0.1, 0.15) is 29.0 Å². The lowest BCUT2D eigenvalue weighted by molar-refractivity contribution is 0.296. The molecule has 5 heteroatoms. The highest BCUT2D eigenvalue weighted by Crippen LogP contribution is 2.20. The maximum atomic E-state index is 5.85. The maximum absolute atomic E-state index is 5.85. The summed E-state index contributed by atoms with van der Waals surface area (Å²) in [6.45, 7) is 6.40. The van der Waals surface area contributed by atoms with Crippen LogP contribution < -0.4 is 10.5 Å². The van der Waals surface area contributed by atoms with Gasteiger partial charge in [-0.05, 0) is 32.9 Å². The van der Waals surface area contributed by atoms with E-state index in [1.54, 1.807) is 11.3 Å². The highest BCUT2D eigenvalue weighted by atomic mass is 32.1. The first-order valence-corrected chi connectivity index (χ1v) is 7.18. The maximum Gasteiger partial charge on any atom is 0.141 e. The molecule has 2 aromatic heterocycles. The Bertz CT molecular complexity index is 551. The lowest BCUT2D eigenvalue weighted by Gasteiger charge is -2.12. The van der Waals surface area contributed by atoms with Gasteiger partial charge in [0.05, 0.1) is 16.4 Å². The Hall–Kier alpha value is -1.46. The minimum absolute atomic E-state index is 0.0677. The van der Waals surface area contributed by atoms with Crippen LogP contribution in [0.25, 0.3) is 0 Å². The van der Waals surface area contributed by atoms with E-state index in [2.05, 4.69) is 9.97 Å². The number of pyridine rings is 1. The van der Waals surface area contributed by atoms with Crippen molar-refractivity contribution in [2.45, 2.75) is 39.8 Å². The van der Waals surface area contributed by atoms with Gasteiger partial charge in [-0.2, -0.15) is 0 Å². The third-order valence-electron chi connectivity index (χ3n) is 2.63. The van der Waals surface area contributed by atoms with Gasteiger partial charge >= 0.3 is 0 Å². The molecule has 0 saturated heterocycles. The van der Waals surface area contributed by atoms with Crippen LogP contribution in [0.4, 0.5) is 0 Å². The Labute approximate surface area is 117 Å². The van der Waals surface area contributed by atoms with Gasteiger partial charge in [-0.3, -0.25) is 4.98 Å². The molecule has 4 nitrogen and oxygen atoms in total. The average Bonchev–Trinajstić information content (AvgIpc) is 2.73. The fraction of sp³-hybridized carbons (Fsp3) is 0.429. The van der Waals surface area contributed by atoms with E-state index in [0.717, 1.165) is 27.8 Å². The molecule has 2 aromatic rings. The minimum atomic E-state index is 0.0677. The molecule has 0 radical (unpaired) electrons. The lowest BCUT2D eigenvalue weighted by Crippen LogP contribution is -2.19. The molecule has 0 aliphatic rings. The van der Waals surface area contributed by atoms with Gasteiger partial charge in [0.2, 0.25) is 0 Å². The molecular weight excluding hydrogens is 258 g/mol. The number of aromatic nitrogens is 2. The average molecular weight is 277 g/mol. The van der Waals surface area contributed by atoms with Crippen LogP contribution in [-0.2, 0) is 13.0 Å². The van der Waals surface area contributed by atoms with Crippen LogP contribution in [0.3, 0.4) is 0 Å². The van der Waals surface area contributed by atoms with E-state index < -0.39 is 0 Å². The predicted molar refractivity (Wildman–Crippen MR) is 77.5 cm³/mol. The zero-order chi connectivity index (χ0) is 13.8. The standard InChI is InChI=1S/C14H19N3OS/c1-9(15)6-13-14(5-4-10(2)16-13)18-7-12-8-19-11(3)17-12/h4-5,8-9H,6-7,15H2,1-3H3. The molecule has 2 heterocycles. The Morgan fingerprint density at radius 2 is 2.11 bits per heavy atom. The van der Waals surface area contributed by atoms with Gasteiger partial charge in [-0.15, -0.1) is 11.3 Å². The largest absolute Gasteiger partial charge is 0.485 e. The summed E-state index contributed by atoms with van der Waals surface area (Å²) in [6.07, 6.45) is 0.715. The molecule has 19 heavy (non-hydrogen) atoms. The van der Waals surface area contributed by atoms with Crippen molar-refractivity contribution in [2.24, 2.45) is 5.73 Å². The number of aryl methyl sites for hydroxylation is 2. The predicted octanol–water partition coefficient (Wildman–Crippen LogP) is 2.62. The van der Waals surface area contributed by atoms with Gasteiger partial charge in [0.25, 0.3) is 0 Å². The van der Waals surface area contributed by atoms with Crippen LogP contribution in [0.5, 0.6) is 5.75 Å². The van der Waals surface area contributed by atoms with E-state index >= 15 is 0 Å². The molecule has 0 amide bonds. The number of hydrogen-bond acceptors (Lipinski definition) is 5. The number of nitrogens with zero attached hydrogens (tertiary/aromatic N) is 2. The molecule has 0 aliphatic heterocycles. The number of thiazole rings is 1. The minimum Gasteiger partial charge on any atom is -0.485 e. The van der Waals surface area contributed by atoms with Gasteiger partial charge in [0, 0.05) is 23.5 Å². The summed E-state index contributed by atoms with van der Waals surface area (Å²) < 4.78 is 5.82. The smallest absolute Gasteiger partial charge is 0.141 e. The van der Waals surface area contributed by atoms with Crippen LogP contribution in [-0.4, -0.2) is 16.0 Å². The van der Waals surface area contributed by atoms with E-state index in [9.17, 15) is 0 Å². The molecule has 0 aromatic carbocycles. The molecular formula is C14H19N3OS. The quantitative estimate of drug-likeness (QED) is 0.912. The van der Waals surface area contributed by atoms with E-state index in [4.69, 9.17) is 10.5 Å². The molecule has 102 valence electrons. The second kappa shape index (κ2) is 6.12. The first-order valence-electron chi connectivity index (χ1n) is 6.30. The fourth-order valence-electron chi connectivity index (χ4n) is 1.81. The number of nitrogens with two attached hydrogens (primary N) is 1. The topological polar surface area (TPSA) is 61.0 Å². The van der Waals surface area contributed by atoms with Gasteiger partial charge < -0.3 is 10.5 Å². The summed E-state index contributed by atoms with van der Waals surface area (Å²) in [5.74, 6) is 0.800. The second-order valence-electron chi connectivity index (χ2n) is 4.73. The number of rotatable bonds is 5. The normalized spacial score (nSPS) is 12.4. The summed E-state index contributed by atoms with van der Waals surface area (Å²) in [4.78, 5) is 8.89. The Balaban J connectivity index is 2.10. The van der Waals surface area contributed by atoms with Crippen molar-refractivity contribution >= 4 is 11.3 Å². The van der Waals surface area contributed by atoms with Crippen LogP contribution >= 0.6 is 11.3 Å². The Morgan fingerprint density at radius 1 is 1.32 bits per heavy atom. The van der Waals surface area contributed by atoms with Gasteiger partial charge in [-0.25, -0.2) is 4.98 Å². The Kier molecular flexibility index (Phi) is 4.50. The van der Waals surface area contributed by atoms with Crippen molar-refractivity contribution < 1.29 is 4.74 Å². The third-order valence-corrected chi connectivity index (χ3v) is 3.45. The van der Waals surface area contributed by atoms with Crippen LogP contribution in [0.15, 0.2) is 17.5 Å². The zero-order valence-corrected chi connectivity index (χ0v) is 12.3. The summed E-state index contributed by atoms with van der Waals surface area (Å²) in [5, 5.41) is 3.07. The second-order valence-corrected chi connectivity index (χ2v) is 5.79. The summed E-state index contributed by atoms with van der Waals surface area (Å²) in [7, 11) is 0.